The van der Waals surface area contributed by atoms with E-state index in [9.17, 15) is 18.0 Å². The van der Waals surface area contributed by atoms with Crippen LogP contribution in [0.25, 0.3) is 0 Å². The molecule has 0 radical (unpaired) electrons. The maximum Gasteiger partial charge on any atom is 0.262 e. The van der Waals surface area contributed by atoms with Gasteiger partial charge in [0.15, 0.2) is 6.61 Å². The van der Waals surface area contributed by atoms with Crippen molar-refractivity contribution in [2.45, 2.75) is 30.6 Å². The molecule has 2 aromatic rings. The lowest BCUT2D eigenvalue weighted by molar-refractivity contribution is -0.118. The lowest BCUT2D eigenvalue weighted by Crippen LogP contribution is -2.31. The molecule has 3 rings (SSSR count). The van der Waals surface area contributed by atoms with E-state index in [-0.39, 0.29) is 22.8 Å². The highest BCUT2D eigenvalue weighted by Gasteiger charge is 2.25. The lowest BCUT2D eigenvalue weighted by Gasteiger charge is -2.20. The SMILES string of the molecule is NC(=O)c1cc(Cl)ccc1OCC(=O)Nc1ccc(S(=O)(=O)N2CCCCCC2)cc1. The van der Waals surface area contributed by atoms with Gasteiger partial charge in [0.1, 0.15) is 5.75 Å². The highest BCUT2D eigenvalue weighted by Crippen LogP contribution is 2.23. The molecule has 2 amide bonds. The summed E-state index contributed by atoms with van der Waals surface area (Å²) in [4.78, 5) is 23.9. The first-order chi connectivity index (χ1) is 14.8. The summed E-state index contributed by atoms with van der Waals surface area (Å²) in [5.74, 6) is -1.06. The van der Waals surface area contributed by atoms with Gasteiger partial charge >= 0.3 is 0 Å². The van der Waals surface area contributed by atoms with E-state index in [1.807, 2.05) is 0 Å². The van der Waals surface area contributed by atoms with Crippen molar-refractivity contribution in [3.63, 3.8) is 0 Å². The molecule has 0 aromatic heterocycles. The van der Waals surface area contributed by atoms with E-state index in [1.165, 1.54) is 46.8 Å². The van der Waals surface area contributed by atoms with Gasteiger partial charge in [-0.3, -0.25) is 9.59 Å². The van der Waals surface area contributed by atoms with Gasteiger partial charge in [0, 0.05) is 23.8 Å². The number of anilines is 1. The number of benzene rings is 2. The fourth-order valence-electron chi connectivity index (χ4n) is 3.30. The van der Waals surface area contributed by atoms with Crippen LogP contribution in [0.1, 0.15) is 36.0 Å². The normalized spacial score (nSPS) is 15.1. The number of nitrogens with one attached hydrogen (secondary N) is 1. The summed E-state index contributed by atoms with van der Waals surface area (Å²) in [7, 11) is -3.55. The molecule has 2 aromatic carbocycles. The third-order valence-corrected chi connectivity index (χ3v) is 7.05. The second-order valence-electron chi connectivity index (χ2n) is 7.18. The van der Waals surface area contributed by atoms with E-state index in [1.54, 1.807) is 0 Å². The number of rotatable bonds is 7. The Morgan fingerprint density at radius 1 is 1.03 bits per heavy atom. The summed E-state index contributed by atoms with van der Waals surface area (Å²) < 4.78 is 32.5. The Balaban J connectivity index is 1.61. The average molecular weight is 466 g/mol. The minimum Gasteiger partial charge on any atom is -0.483 e. The number of halogens is 1. The Kier molecular flexibility index (Phi) is 7.53. The molecule has 10 heteroatoms. The van der Waals surface area contributed by atoms with Crippen molar-refractivity contribution >= 4 is 39.1 Å². The van der Waals surface area contributed by atoms with E-state index in [2.05, 4.69) is 5.32 Å². The summed E-state index contributed by atoms with van der Waals surface area (Å²) in [5.41, 5.74) is 5.79. The van der Waals surface area contributed by atoms with Crippen LogP contribution in [0.4, 0.5) is 5.69 Å². The van der Waals surface area contributed by atoms with Crippen LogP contribution in [0.15, 0.2) is 47.4 Å². The Bertz CT molecular complexity index is 1050. The quantitative estimate of drug-likeness (QED) is 0.651. The molecule has 1 heterocycles. The molecule has 1 aliphatic rings. The molecular formula is C21H24ClN3O5S. The number of nitrogens with two attached hydrogens (primary N) is 1. The van der Waals surface area contributed by atoms with Gasteiger partial charge in [-0.05, 0) is 55.3 Å². The molecule has 0 saturated carbocycles. The summed E-state index contributed by atoms with van der Waals surface area (Å²) in [6.45, 7) is 0.683. The van der Waals surface area contributed by atoms with Crippen molar-refractivity contribution in [2.24, 2.45) is 5.73 Å². The number of carbonyl (C=O) groups excluding carboxylic acids is 2. The fourth-order valence-corrected chi connectivity index (χ4v) is 4.99. The van der Waals surface area contributed by atoms with Crippen molar-refractivity contribution in [3.8, 4) is 5.75 Å². The number of amides is 2. The van der Waals surface area contributed by atoms with Crippen LogP contribution in [-0.2, 0) is 14.8 Å². The standard InChI is InChI=1S/C21H24ClN3O5S/c22-15-5-10-19(18(13-15)21(23)27)30-14-20(26)24-16-6-8-17(9-7-16)31(28,29)25-11-3-1-2-4-12-25/h5-10,13H,1-4,11-12,14H2,(H2,23,27)(H,24,26). The molecule has 3 N–H and O–H groups in total. The Morgan fingerprint density at radius 3 is 2.29 bits per heavy atom. The predicted octanol–water partition coefficient (Wildman–Crippen LogP) is 3.02. The van der Waals surface area contributed by atoms with Crippen LogP contribution in [0.2, 0.25) is 5.02 Å². The summed E-state index contributed by atoms with van der Waals surface area (Å²) in [6.07, 6.45) is 3.79. The monoisotopic (exact) mass is 465 g/mol. The molecule has 31 heavy (non-hydrogen) atoms. The van der Waals surface area contributed by atoms with E-state index in [4.69, 9.17) is 22.1 Å². The Hall–Kier alpha value is -2.62. The summed E-state index contributed by atoms with van der Waals surface area (Å²) in [6, 6.07) is 10.3. The van der Waals surface area contributed by atoms with Crippen LogP contribution in [0.3, 0.4) is 0 Å². The molecule has 0 bridgehead atoms. The van der Waals surface area contributed by atoms with E-state index in [0.29, 0.717) is 23.8 Å². The Morgan fingerprint density at radius 2 is 1.68 bits per heavy atom. The molecule has 8 nitrogen and oxygen atoms in total. The minimum atomic E-state index is -3.55. The molecule has 0 unspecified atom stereocenters. The smallest absolute Gasteiger partial charge is 0.262 e. The van der Waals surface area contributed by atoms with Crippen LogP contribution < -0.4 is 15.8 Å². The van der Waals surface area contributed by atoms with Crippen molar-refractivity contribution in [2.75, 3.05) is 25.0 Å². The van der Waals surface area contributed by atoms with E-state index >= 15 is 0 Å². The molecule has 166 valence electrons. The summed E-state index contributed by atoms with van der Waals surface area (Å²) in [5, 5.41) is 2.95. The van der Waals surface area contributed by atoms with Crippen molar-refractivity contribution in [1.29, 1.82) is 0 Å². The zero-order valence-corrected chi connectivity index (χ0v) is 18.4. The lowest BCUT2D eigenvalue weighted by atomic mass is 10.2. The molecule has 1 saturated heterocycles. The van der Waals surface area contributed by atoms with Gasteiger partial charge in [0.2, 0.25) is 10.0 Å². The van der Waals surface area contributed by atoms with Gasteiger partial charge in [-0.1, -0.05) is 24.4 Å². The van der Waals surface area contributed by atoms with Gasteiger partial charge in [0.05, 0.1) is 10.5 Å². The van der Waals surface area contributed by atoms with Gasteiger partial charge < -0.3 is 15.8 Å². The molecule has 0 atom stereocenters. The number of ether oxygens (including phenoxy) is 1. The van der Waals surface area contributed by atoms with Crippen molar-refractivity contribution < 1.29 is 22.7 Å². The number of primary amides is 1. The second kappa shape index (κ2) is 10.1. The third kappa shape index (κ3) is 5.96. The first-order valence-electron chi connectivity index (χ1n) is 9.89. The number of hydrogen-bond donors (Lipinski definition) is 2. The number of nitrogens with zero attached hydrogens (tertiary/aromatic N) is 1. The number of sulfonamides is 1. The van der Waals surface area contributed by atoms with Gasteiger partial charge in [0.25, 0.3) is 11.8 Å². The van der Waals surface area contributed by atoms with E-state index in [0.717, 1.165) is 25.7 Å². The fraction of sp³-hybridized carbons (Fsp3) is 0.333. The Labute approximate surface area is 186 Å². The van der Waals surface area contributed by atoms with Gasteiger partial charge in [-0.15, -0.1) is 0 Å². The average Bonchev–Trinajstić information content (AvgIpc) is 3.03. The van der Waals surface area contributed by atoms with Gasteiger partial charge in [-0.25, -0.2) is 8.42 Å². The predicted molar refractivity (Wildman–Crippen MR) is 118 cm³/mol. The van der Waals surface area contributed by atoms with Gasteiger partial charge in [-0.2, -0.15) is 4.31 Å². The largest absolute Gasteiger partial charge is 0.483 e. The maximum absolute atomic E-state index is 12.8. The first kappa shape index (κ1) is 23.1. The van der Waals surface area contributed by atoms with Crippen LogP contribution in [0, 0.1) is 0 Å². The highest BCUT2D eigenvalue weighted by atomic mass is 35.5. The molecular weight excluding hydrogens is 442 g/mol. The topological polar surface area (TPSA) is 119 Å². The number of carbonyl (C=O) groups is 2. The van der Waals surface area contributed by atoms with Crippen molar-refractivity contribution in [3.05, 3.63) is 53.1 Å². The first-order valence-corrected chi connectivity index (χ1v) is 11.7. The maximum atomic E-state index is 12.8. The van der Waals surface area contributed by atoms with Crippen LogP contribution in [0.5, 0.6) is 5.75 Å². The highest BCUT2D eigenvalue weighted by molar-refractivity contribution is 7.89. The molecule has 1 aliphatic heterocycles. The second-order valence-corrected chi connectivity index (χ2v) is 9.56. The zero-order valence-electron chi connectivity index (χ0n) is 16.8. The van der Waals surface area contributed by atoms with Crippen LogP contribution >= 0.6 is 11.6 Å². The molecule has 0 aliphatic carbocycles. The van der Waals surface area contributed by atoms with Crippen LogP contribution in [-0.4, -0.2) is 44.2 Å². The third-order valence-electron chi connectivity index (χ3n) is 4.91. The minimum absolute atomic E-state index is 0.0726. The molecule has 0 spiro atoms. The van der Waals surface area contributed by atoms with Crippen molar-refractivity contribution in [1.82, 2.24) is 4.31 Å². The van der Waals surface area contributed by atoms with E-state index < -0.39 is 21.8 Å². The zero-order chi connectivity index (χ0) is 22.4. The molecule has 1 fully saturated rings. The number of hydrogen-bond acceptors (Lipinski definition) is 5. The summed E-state index contributed by atoms with van der Waals surface area (Å²) >= 11 is 5.84.